The Kier molecular flexibility index (Phi) is 13.8. The zero-order chi connectivity index (χ0) is 36.0. The van der Waals surface area contributed by atoms with Gasteiger partial charge in [0, 0.05) is 62.0 Å². The van der Waals surface area contributed by atoms with Gasteiger partial charge >= 0.3 is 0 Å². The van der Waals surface area contributed by atoms with Gasteiger partial charge in [-0.15, -0.1) is 0 Å². The molecule has 11 heteroatoms. The van der Waals surface area contributed by atoms with Crippen LogP contribution in [0.3, 0.4) is 0 Å². The number of aliphatic hydroxyl groups excluding tert-OH is 1. The number of aromatic nitrogens is 3. The number of hydrogen-bond donors (Lipinski definition) is 3. The van der Waals surface area contributed by atoms with E-state index in [0.717, 1.165) is 69.9 Å². The van der Waals surface area contributed by atoms with E-state index in [4.69, 9.17) is 25.8 Å². The van der Waals surface area contributed by atoms with Crippen LogP contribution in [0.5, 0.6) is 17.2 Å². The molecule has 3 aromatic carbocycles. The third kappa shape index (κ3) is 10.3. The lowest BCUT2D eigenvalue weighted by Gasteiger charge is -2.20. The molecule has 2 heterocycles. The van der Waals surface area contributed by atoms with E-state index in [1.54, 1.807) is 18.6 Å². The first-order chi connectivity index (χ1) is 24.9. The fourth-order valence-electron chi connectivity index (χ4n) is 5.85. The molecular formula is C40H45ClN6O4. The van der Waals surface area contributed by atoms with E-state index in [9.17, 15) is 10.4 Å². The Morgan fingerprint density at radius 1 is 0.902 bits per heavy atom. The Morgan fingerprint density at radius 3 is 2.47 bits per heavy atom. The minimum Gasteiger partial charge on any atom is -0.493 e. The van der Waals surface area contributed by atoms with Crippen molar-refractivity contribution in [3.63, 3.8) is 0 Å². The molecule has 0 aliphatic carbocycles. The van der Waals surface area contributed by atoms with Crippen molar-refractivity contribution in [2.45, 2.75) is 53.5 Å². The molecule has 3 N–H and O–H groups in total. The molecule has 10 nitrogen and oxygen atoms in total. The molecule has 0 radical (unpaired) electrons. The number of hydrogen-bond acceptors (Lipinski definition) is 9. The fraction of sp³-hybridized carbons (Fsp3) is 0.325. The van der Waals surface area contributed by atoms with E-state index in [0.29, 0.717) is 54.9 Å². The first kappa shape index (κ1) is 37.3. The van der Waals surface area contributed by atoms with Crippen LogP contribution in [-0.4, -0.2) is 57.8 Å². The van der Waals surface area contributed by atoms with Crippen molar-refractivity contribution in [3.05, 3.63) is 124 Å². The Hall–Kier alpha value is -4.92. The van der Waals surface area contributed by atoms with E-state index in [1.165, 1.54) is 6.20 Å². The van der Waals surface area contributed by atoms with Gasteiger partial charge in [0.15, 0.2) is 0 Å². The van der Waals surface area contributed by atoms with E-state index in [-0.39, 0.29) is 13.2 Å². The van der Waals surface area contributed by atoms with Gasteiger partial charge < -0.3 is 34.5 Å². The summed E-state index contributed by atoms with van der Waals surface area (Å²) in [6.45, 7) is 11.1. The fourth-order valence-corrected chi connectivity index (χ4v) is 6.09. The summed E-state index contributed by atoms with van der Waals surface area (Å²) in [4.78, 5) is 13.6. The number of aliphatic hydroxyl groups is 1. The van der Waals surface area contributed by atoms with Gasteiger partial charge in [-0.1, -0.05) is 48.9 Å². The van der Waals surface area contributed by atoms with Crippen LogP contribution >= 0.6 is 11.6 Å². The minimum atomic E-state index is 0.165. The van der Waals surface area contributed by atoms with Crippen LogP contribution in [-0.2, 0) is 26.3 Å². The molecule has 0 fully saturated rings. The van der Waals surface area contributed by atoms with Gasteiger partial charge in [-0.25, -0.2) is 4.98 Å². The molecule has 2 aromatic heterocycles. The number of likely N-dealkylation sites (N-methyl/N-ethyl adjacent to an activating group) is 1. The summed E-state index contributed by atoms with van der Waals surface area (Å²) < 4.78 is 18.9. The number of pyridine rings is 1. The standard InChI is InChI=1S/C40H45ClN6O4/c1-4-47(13-14-48)12-7-15-49-38-11-6-10-36(29(38)3)35-9-5-8-32(28(35)2)26-51-40-18-39(50-25-31-16-30(19-42)20-43-21-31)33(17-37(40)41)22-44-23-34-24-45-27-46-34/h5-6,8-11,16-18,20-21,24,27,44,48H,4,7,12-15,22-23,25-26H2,1-3H3,(H,45,46). The van der Waals surface area contributed by atoms with Crippen LogP contribution in [0.15, 0.2) is 79.5 Å². The van der Waals surface area contributed by atoms with Crippen molar-refractivity contribution in [2.24, 2.45) is 0 Å². The van der Waals surface area contributed by atoms with Crippen molar-refractivity contribution in [2.75, 3.05) is 32.8 Å². The summed E-state index contributed by atoms with van der Waals surface area (Å²) in [5.74, 6) is 1.98. The summed E-state index contributed by atoms with van der Waals surface area (Å²) in [5.41, 5.74) is 8.44. The molecule has 0 spiro atoms. The van der Waals surface area contributed by atoms with Crippen LogP contribution in [0.1, 0.15) is 52.4 Å². The van der Waals surface area contributed by atoms with Crippen LogP contribution in [0.2, 0.25) is 5.02 Å². The van der Waals surface area contributed by atoms with Crippen LogP contribution < -0.4 is 19.5 Å². The van der Waals surface area contributed by atoms with Crippen molar-refractivity contribution >= 4 is 11.6 Å². The highest BCUT2D eigenvalue weighted by Gasteiger charge is 2.16. The van der Waals surface area contributed by atoms with Gasteiger partial charge in [0.1, 0.15) is 36.5 Å². The summed E-state index contributed by atoms with van der Waals surface area (Å²) in [6.07, 6.45) is 7.58. The average molecular weight is 709 g/mol. The second kappa shape index (κ2) is 18.9. The largest absolute Gasteiger partial charge is 0.493 e. The number of ether oxygens (including phenoxy) is 3. The maximum Gasteiger partial charge on any atom is 0.142 e. The molecule has 0 bridgehead atoms. The SMILES string of the molecule is CCN(CCO)CCCOc1cccc(-c2cccc(COc3cc(OCc4cncc(C#N)c4)c(CNCc4c[nH]cn4)cc3Cl)c2C)c1C. The molecule has 0 aliphatic rings. The Balaban J connectivity index is 1.30. The molecule has 5 rings (SSSR count). The second-order valence-corrected chi connectivity index (χ2v) is 12.6. The molecule has 0 amide bonds. The third-order valence-electron chi connectivity index (χ3n) is 8.75. The monoisotopic (exact) mass is 708 g/mol. The predicted octanol–water partition coefficient (Wildman–Crippen LogP) is 7.14. The van der Waals surface area contributed by atoms with E-state index in [2.05, 4.69) is 70.2 Å². The summed E-state index contributed by atoms with van der Waals surface area (Å²) in [7, 11) is 0. The van der Waals surface area contributed by atoms with Gasteiger partial charge in [-0.2, -0.15) is 5.26 Å². The maximum atomic E-state index is 9.30. The number of benzene rings is 3. The molecule has 5 aromatic rings. The van der Waals surface area contributed by atoms with Gasteiger partial charge in [-0.3, -0.25) is 4.98 Å². The molecule has 266 valence electrons. The van der Waals surface area contributed by atoms with Crippen LogP contribution in [0.4, 0.5) is 0 Å². The lowest BCUT2D eigenvalue weighted by Crippen LogP contribution is -2.28. The second-order valence-electron chi connectivity index (χ2n) is 12.2. The molecule has 0 atom stereocenters. The highest BCUT2D eigenvalue weighted by molar-refractivity contribution is 6.32. The summed E-state index contributed by atoms with van der Waals surface area (Å²) in [6, 6.07) is 20.0. The predicted molar refractivity (Wildman–Crippen MR) is 199 cm³/mol. The molecule has 0 saturated carbocycles. The minimum absolute atomic E-state index is 0.165. The summed E-state index contributed by atoms with van der Waals surface area (Å²) in [5, 5.41) is 22.4. The summed E-state index contributed by atoms with van der Waals surface area (Å²) >= 11 is 6.80. The molecule has 0 unspecified atom stereocenters. The Labute approximate surface area is 305 Å². The number of nitriles is 1. The van der Waals surface area contributed by atoms with Gasteiger partial charge in [-0.05, 0) is 72.8 Å². The highest BCUT2D eigenvalue weighted by Crippen LogP contribution is 2.36. The lowest BCUT2D eigenvalue weighted by atomic mass is 9.93. The lowest BCUT2D eigenvalue weighted by molar-refractivity contribution is 0.189. The molecule has 51 heavy (non-hydrogen) atoms. The van der Waals surface area contributed by atoms with E-state index in [1.807, 2.05) is 36.5 Å². The number of rotatable bonds is 19. The van der Waals surface area contributed by atoms with E-state index < -0.39 is 0 Å². The van der Waals surface area contributed by atoms with Gasteiger partial charge in [0.05, 0.1) is 35.8 Å². The molecule has 0 aliphatic heterocycles. The van der Waals surface area contributed by atoms with Crippen LogP contribution in [0, 0.1) is 25.2 Å². The van der Waals surface area contributed by atoms with Gasteiger partial charge in [0.25, 0.3) is 0 Å². The number of nitrogens with one attached hydrogen (secondary N) is 2. The molecule has 0 saturated heterocycles. The normalized spacial score (nSPS) is 11.1. The first-order valence-electron chi connectivity index (χ1n) is 17.1. The number of halogens is 1. The number of imidazole rings is 1. The number of nitrogens with zero attached hydrogens (tertiary/aromatic N) is 4. The van der Waals surface area contributed by atoms with Crippen molar-refractivity contribution in [1.29, 1.82) is 5.26 Å². The van der Waals surface area contributed by atoms with Crippen molar-refractivity contribution in [3.8, 4) is 34.4 Å². The third-order valence-corrected chi connectivity index (χ3v) is 9.05. The first-order valence-corrected chi connectivity index (χ1v) is 17.5. The Bertz CT molecular complexity index is 1910. The smallest absolute Gasteiger partial charge is 0.142 e. The zero-order valence-electron chi connectivity index (χ0n) is 29.4. The average Bonchev–Trinajstić information content (AvgIpc) is 3.67. The number of aromatic amines is 1. The van der Waals surface area contributed by atoms with Crippen molar-refractivity contribution in [1.82, 2.24) is 25.2 Å². The maximum absolute atomic E-state index is 9.30. The molecular weight excluding hydrogens is 664 g/mol. The van der Waals surface area contributed by atoms with Crippen molar-refractivity contribution < 1.29 is 19.3 Å². The van der Waals surface area contributed by atoms with Gasteiger partial charge in [0.2, 0.25) is 0 Å². The Morgan fingerprint density at radius 2 is 1.71 bits per heavy atom. The van der Waals surface area contributed by atoms with Crippen LogP contribution in [0.25, 0.3) is 11.1 Å². The quantitative estimate of drug-likeness (QED) is 0.0767. The topological polar surface area (TPSA) is 129 Å². The zero-order valence-corrected chi connectivity index (χ0v) is 30.2. The number of H-pyrrole nitrogens is 1. The van der Waals surface area contributed by atoms with E-state index >= 15 is 0 Å². The highest BCUT2D eigenvalue weighted by atomic mass is 35.5.